The number of ether oxygens (including phenoxy) is 1. The van der Waals surface area contributed by atoms with E-state index in [4.69, 9.17) is 16.3 Å². The van der Waals surface area contributed by atoms with Gasteiger partial charge in [-0.25, -0.2) is 4.39 Å². The predicted octanol–water partition coefficient (Wildman–Crippen LogP) is 2.71. The predicted molar refractivity (Wildman–Crippen MR) is 74.3 cm³/mol. The molecule has 1 N–H and O–H groups in total. The molecule has 1 aromatic heterocycles. The molecule has 1 unspecified atom stereocenters. The minimum Gasteiger partial charge on any atom is -0.383 e. The van der Waals surface area contributed by atoms with E-state index >= 15 is 0 Å². The summed E-state index contributed by atoms with van der Waals surface area (Å²) < 4.78 is 19.9. The normalized spacial score (nSPS) is 12.7. The third-order valence-corrected chi connectivity index (χ3v) is 3.43. The van der Waals surface area contributed by atoms with Gasteiger partial charge in [0, 0.05) is 7.11 Å². The van der Waals surface area contributed by atoms with E-state index in [-0.39, 0.29) is 0 Å². The lowest BCUT2D eigenvalue weighted by atomic mass is 10.0. The monoisotopic (exact) mass is 298 g/mol. The van der Waals surface area contributed by atoms with Crippen molar-refractivity contribution in [3.63, 3.8) is 0 Å². The van der Waals surface area contributed by atoms with Gasteiger partial charge >= 0.3 is 0 Å². The summed E-state index contributed by atoms with van der Waals surface area (Å²) in [6.07, 6.45) is 0.433. The molecule has 2 aromatic rings. The summed E-state index contributed by atoms with van der Waals surface area (Å²) in [6, 6.07) is 4.29. The van der Waals surface area contributed by atoms with E-state index in [0.717, 1.165) is 5.56 Å². The molecule has 6 heteroatoms. The van der Waals surface area contributed by atoms with Crippen LogP contribution in [0.1, 0.15) is 22.9 Å². The van der Waals surface area contributed by atoms with Crippen molar-refractivity contribution in [3.05, 3.63) is 52.1 Å². The molecule has 1 atom stereocenters. The number of hydrogen-bond donors (Lipinski definition) is 1. The van der Waals surface area contributed by atoms with E-state index in [1.807, 2.05) is 6.92 Å². The molecule has 0 bridgehead atoms. The second-order valence-corrected chi connectivity index (χ2v) is 4.90. The number of aliphatic hydroxyl groups is 1. The Balaban J connectivity index is 2.39. The third kappa shape index (κ3) is 3.00. The quantitative estimate of drug-likeness (QED) is 0.923. The fraction of sp³-hybridized carbons (Fsp3) is 0.357. The zero-order valence-corrected chi connectivity index (χ0v) is 12.1. The average Bonchev–Trinajstić information content (AvgIpc) is 2.79. The minimum atomic E-state index is -1.03. The lowest BCUT2D eigenvalue weighted by molar-refractivity contribution is 0.171. The van der Waals surface area contributed by atoms with Gasteiger partial charge in [0.25, 0.3) is 0 Å². The Kier molecular flexibility index (Phi) is 4.75. The highest BCUT2D eigenvalue weighted by Crippen LogP contribution is 2.30. The summed E-state index contributed by atoms with van der Waals surface area (Å²) in [5.41, 5.74) is 1.71. The molecule has 1 heterocycles. The molecule has 0 amide bonds. The maximum Gasteiger partial charge on any atom is 0.123 e. The standard InChI is InChI=1S/C14H16ClFN2O2/c1-9-3-4-10(16)7-11(9)14(19)13-12(15)8-17-18(13)5-6-20-2/h3-4,7-8,14,19H,5-6H2,1-2H3. The molecule has 0 radical (unpaired) electrons. The molecule has 0 fully saturated rings. The summed E-state index contributed by atoms with van der Waals surface area (Å²) >= 11 is 6.08. The van der Waals surface area contributed by atoms with Gasteiger partial charge in [0.15, 0.2) is 0 Å². The van der Waals surface area contributed by atoms with E-state index in [1.54, 1.807) is 17.9 Å². The van der Waals surface area contributed by atoms with Crippen molar-refractivity contribution in [2.75, 3.05) is 13.7 Å². The lowest BCUT2D eigenvalue weighted by Gasteiger charge is -2.16. The average molecular weight is 299 g/mol. The van der Waals surface area contributed by atoms with Crippen LogP contribution in [0, 0.1) is 12.7 Å². The first-order chi connectivity index (χ1) is 9.54. The van der Waals surface area contributed by atoms with Gasteiger partial charge in [-0.1, -0.05) is 17.7 Å². The van der Waals surface area contributed by atoms with Crippen molar-refractivity contribution in [2.24, 2.45) is 0 Å². The lowest BCUT2D eigenvalue weighted by Crippen LogP contribution is -2.14. The van der Waals surface area contributed by atoms with Crippen LogP contribution in [0.3, 0.4) is 0 Å². The molecule has 0 aliphatic rings. The van der Waals surface area contributed by atoms with E-state index in [9.17, 15) is 9.50 Å². The van der Waals surface area contributed by atoms with Crippen molar-refractivity contribution in [1.29, 1.82) is 0 Å². The van der Waals surface area contributed by atoms with Gasteiger partial charge < -0.3 is 9.84 Å². The van der Waals surface area contributed by atoms with Crippen LogP contribution in [-0.2, 0) is 11.3 Å². The fourth-order valence-electron chi connectivity index (χ4n) is 2.05. The Morgan fingerprint density at radius 1 is 1.50 bits per heavy atom. The molecule has 0 saturated heterocycles. The van der Waals surface area contributed by atoms with Crippen LogP contribution in [0.15, 0.2) is 24.4 Å². The topological polar surface area (TPSA) is 47.3 Å². The minimum absolute atomic E-state index is 0.345. The van der Waals surface area contributed by atoms with Gasteiger partial charge in [-0.15, -0.1) is 0 Å². The molecular weight excluding hydrogens is 283 g/mol. The molecule has 0 spiro atoms. The smallest absolute Gasteiger partial charge is 0.123 e. The van der Waals surface area contributed by atoms with Crippen molar-refractivity contribution in [1.82, 2.24) is 9.78 Å². The highest BCUT2D eigenvalue weighted by atomic mass is 35.5. The summed E-state index contributed by atoms with van der Waals surface area (Å²) in [4.78, 5) is 0. The second-order valence-electron chi connectivity index (χ2n) is 4.50. The van der Waals surface area contributed by atoms with Gasteiger partial charge in [-0.3, -0.25) is 4.68 Å². The van der Waals surface area contributed by atoms with E-state index in [0.29, 0.717) is 29.4 Å². The number of aromatic nitrogens is 2. The fourth-order valence-corrected chi connectivity index (χ4v) is 2.30. The summed E-state index contributed by atoms with van der Waals surface area (Å²) in [5, 5.41) is 14.9. The van der Waals surface area contributed by atoms with Crippen LogP contribution in [0.5, 0.6) is 0 Å². The maximum atomic E-state index is 13.4. The highest BCUT2D eigenvalue weighted by molar-refractivity contribution is 6.31. The SMILES string of the molecule is COCCn1ncc(Cl)c1C(O)c1cc(F)ccc1C. The Labute approximate surface area is 121 Å². The van der Waals surface area contributed by atoms with Gasteiger partial charge in [-0.2, -0.15) is 5.10 Å². The molecule has 0 saturated carbocycles. The number of aliphatic hydroxyl groups excluding tert-OH is 1. The Morgan fingerprint density at radius 3 is 2.95 bits per heavy atom. The van der Waals surface area contributed by atoms with Crippen molar-refractivity contribution < 1.29 is 14.2 Å². The number of rotatable bonds is 5. The second kappa shape index (κ2) is 6.35. The molecular formula is C14H16ClFN2O2. The Hall–Kier alpha value is -1.43. The third-order valence-electron chi connectivity index (χ3n) is 3.14. The zero-order valence-electron chi connectivity index (χ0n) is 11.3. The van der Waals surface area contributed by atoms with Crippen LogP contribution >= 0.6 is 11.6 Å². The van der Waals surface area contributed by atoms with E-state index < -0.39 is 11.9 Å². The van der Waals surface area contributed by atoms with Gasteiger partial charge in [0.2, 0.25) is 0 Å². The summed E-state index contributed by atoms with van der Waals surface area (Å²) in [7, 11) is 1.58. The summed E-state index contributed by atoms with van der Waals surface area (Å²) in [5.74, 6) is -0.399. The van der Waals surface area contributed by atoms with Crippen molar-refractivity contribution in [3.8, 4) is 0 Å². The van der Waals surface area contributed by atoms with E-state index in [1.165, 1.54) is 18.3 Å². The molecule has 2 rings (SSSR count). The maximum absolute atomic E-state index is 13.4. The number of aryl methyl sites for hydroxylation is 1. The zero-order chi connectivity index (χ0) is 14.7. The molecule has 1 aromatic carbocycles. The number of hydrogen-bond acceptors (Lipinski definition) is 3. The van der Waals surface area contributed by atoms with Crippen LogP contribution in [-0.4, -0.2) is 28.6 Å². The summed E-state index contributed by atoms with van der Waals surface area (Å²) in [6.45, 7) is 2.71. The Morgan fingerprint density at radius 2 is 2.25 bits per heavy atom. The van der Waals surface area contributed by atoms with Crippen LogP contribution in [0.25, 0.3) is 0 Å². The Bertz CT molecular complexity index is 601. The van der Waals surface area contributed by atoms with Crippen LogP contribution in [0.2, 0.25) is 5.02 Å². The number of benzene rings is 1. The first-order valence-electron chi connectivity index (χ1n) is 6.19. The molecule has 4 nitrogen and oxygen atoms in total. The molecule has 108 valence electrons. The van der Waals surface area contributed by atoms with Crippen molar-refractivity contribution in [2.45, 2.75) is 19.6 Å². The van der Waals surface area contributed by atoms with Crippen molar-refractivity contribution >= 4 is 11.6 Å². The highest BCUT2D eigenvalue weighted by Gasteiger charge is 2.21. The first-order valence-corrected chi connectivity index (χ1v) is 6.56. The molecule has 0 aliphatic carbocycles. The van der Waals surface area contributed by atoms with Crippen LogP contribution in [0.4, 0.5) is 4.39 Å². The van der Waals surface area contributed by atoms with Crippen LogP contribution < -0.4 is 0 Å². The number of methoxy groups -OCH3 is 1. The first kappa shape index (κ1) is 15.0. The largest absolute Gasteiger partial charge is 0.383 e. The van der Waals surface area contributed by atoms with Gasteiger partial charge in [0.1, 0.15) is 11.9 Å². The van der Waals surface area contributed by atoms with Gasteiger partial charge in [0.05, 0.1) is 30.1 Å². The number of halogens is 2. The van der Waals surface area contributed by atoms with E-state index in [2.05, 4.69) is 5.10 Å². The van der Waals surface area contributed by atoms with Gasteiger partial charge in [-0.05, 0) is 30.2 Å². The molecule has 20 heavy (non-hydrogen) atoms. The molecule has 0 aliphatic heterocycles. The number of nitrogens with zero attached hydrogens (tertiary/aromatic N) is 2.